The minimum absolute atomic E-state index is 0.0236. The maximum atomic E-state index is 11.0. The van der Waals surface area contributed by atoms with Gasteiger partial charge in [0.15, 0.2) is 0 Å². The van der Waals surface area contributed by atoms with Gasteiger partial charge in [0.2, 0.25) is 5.88 Å². The van der Waals surface area contributed by atoms with Crippen molar-refractivity contribution >= 4 is 17.6 Å². The quantitative estimate of drug-likeness (QED) is 0.924. The molecular formula is C14H12ClNO3. The fraction of sp³-hybridized carbons (Fsp3) is 0.143. The van der Waals surface area contributed by atoms with Crippen molar-refractivity contribution in [3.05, 3.63) is 52.7 Å². The molecule has 2 aromatic rings. The molecule has 1 aromatic heterocycles. The van der Waals surface area contributed by atoms with Gasteiger partial charge in [0.05, 0.1) is 0 Å². The van der Waals surface area contributed by atoms with Crippen molar-refractivity contribution in [3.8, 4) is 11.6 Å². The zero-order chi connectivity index (χ0) is 13.8. The Hall–Kier alpha value is -2.07. The summed E-state index contributed by atoms with van der Waals surface area (Å²) in [7, 11) is 0. The molecule has 0 atom stereocenters. The van der Waals surface area contributed by atoms with Crippen LogP contribution in [0.15, 0.2) is 36.5 Å². The average Bonchev–Trinajstić information content (AvgIpc) is 2.41. The lowest BCUT2D eigenvalue weighted by molar-refractivity contribution is 0.0693. The summed E-state index contributed by atoms with van der Waals surface area (Å²) in [6, 6.07) is 8.18. The summed E-state index contributed by atoms with van der Waals surface area (Å²) in [5.74, 6) is -0.491. The molecule has 0 fully saturated rings. The van der Waals surface area contributed by atoms with Crippen LogP contribution in [0.2, 0.25) is 5.02 Å². The Balaban J connectivity index is 2.34. The fourth-order valence-corrected chi connectivity index (χ4v) is 1.88. The third-order valence-electron chi connectivity index (χ3n) is 2.61. The van der Waals surface area contributed by atoms with Crippen molar-refractivity contribution in [2.45, 2.75) is 13.3 Å². The molecule has 0 spiro atoms. The van der Waals surface area contributed by atoms with E-state index in [1.54, 1.807) is 24.3 Å². The van der Waals surface area contributed by atoms with Gasteiger partial charge in [0.1, 0.15) is 11.3 Å². The molecule has 1 aromatic carbocycles. The number of carbonyl (C=O) groups is 1. The first-order chi connectivity index (χ1) is 9.11. The molecule has 0 aliphatic rings. The Morgan fingerprint density at radius 2 is 2.21 bits per heavy atom. The predicted molar refractivity (Wildman–Crippen MR) is 72.1 cm³/mol. The van der Waals surface area contributed by atoms with E-state index in [1.807, 2.05) is 6.92 Å². The molecule has 0 unspecified atom stereocenters. The van der Waals surface area contributed by atoms with Crippen molar-refractivity contribution in [3.63, 3.8) is 0 Å². The topological polar surface area (TPSA) is 59.4 Å². The molecule has 0 amide bonds. The Morgan fingerprint density at radius 1 is 1.42 bits per heavy atom. The van der Waals surface area contributed by atoms with Crippen LogP contribution in [0.1, 0.15) is 22.8 Å². The normalized spacial score (nSPS) is 10.2. The van der Waals surface area contributed by atoms with E-state index >= 15 is 0 Å². The zero-order valence-corrected chi connectivity index (χ0v) is 11.0. The minimum Gasteiger partial charge on any atom is -0.477 e. The van der Waals surface area contributed by atoms with Crippen LogP contribution in [0.5, 0.6) is 11.6 Å². The van der Waals surface area contributed by atoms with E-state index in [1.165, 1.54) is 12.3 Å². The number of hydrogen-bond donors (Lipinski definition) is 1. The largest absolute Gasteiger partial charge is 0.477 e. The van der Waals surface area contributed by atoms with Crippen molar-refractivity contribution in [2.24, 2.45) is 0 Å². The third-order valence-corrected chi connectivity index (χ3v) is 2.98. The molecule has 0 aliphatic carbocycles. The van der Waals surface area contributed by atoms with Crippen molar-refractivity contribution in [1.29, 1.82) is 0 Å². The van der Waals surface area contributed by atoms with E-state index in [9.17, 15) is 4.79 Å². The molecule has 98 valence electrons. The number of rotatable bonds is 4. The molecule has 5 heteroatoms. The van der Waals surface area contributed by atoms with E-state index in [0.717, 1.165) is 12.0 Å². The Kier molecular flexibility index (Phi) is 4.02. The van der Waals surface area contributed by atoms with Crippen LogP contribution in [0.4, 0.5) is 0 Å². The molecule has 0 saturated heterocycles. The number of aromatic nitrogens is 1. The van der Waals surface area contributed by atoms with Gasteiger partial charge in [-0.15, -0.1) is 0 Å². The van der Waals surface area contributed by atoms with Crippen LogP contribution < -0.4 is 4.74 Å². The number of ether oxygens (including phenoxy) is 1. The standard InChI is InChI=1S/C14H12ClNO3/c1-2-9-8-10(5-6-12(9)15)19-13-11(14(17)18)4-3-7-16-13/h3-8H,2H2,1H3,(H,17,18). The second-order valence-corrected chi connectivity index (χ2v) is 4.28. The van der Waals surface area contributed by atoms with Crippen molar-refractivity contribution in [1.82, 2.24) is 4.98 Å². The van der Waals surface area contributed by atoms with Crippen LogP contribution in [0.25, 0.3) is 0 Å². The van der Waals surface area contributed by atoms with Gasteiger partial charge in [0, 0.05) is 11.2 Å². The molecule has 0 saturated carbocycles. The molecular weight excluding hydrogens is 266 g/mol. The average molecular weight is 278 g/mol. The Morgan fingerprint density at radius 3 is 2.89 bits per heavy atom. The van der Waals surface area contributed by atoms with Gasteiger partial charge in [0.25, 0.3) is 0 Å². The first-order valence-electron chi connectivity index (χ1n) is 5.76. The highest BCUT2D eigenvalue weighted by Gasteiger charge is 2.13. The lowest BCUT2D eigenvalue weighted by Gasteiger charge is -2.09. The maximum absolute atomic E-state index is 11.0. The lowest BCUT2D eigenvalue weighted by Crippen LogP contribution is -2.01. The summed E-state index contributed by atoms with van der Waals surface area (Å²) >= 11 is 6.02. The number of benzene rings is 1. The number of pyridine rings is 1. The highest BCUT2D eigenvalue weighted by Crippen LogP contribution is 2.27. The van der Waals surface area contributed by atoms with Gasteiger partial charge in [-0.1, -0.05) is 18.5 Å². The van der Waals surface area contributed by atoms with Gasteiger partial charge < -0.3 is 9.84 Å². The van der Waals surface area contributed by atoms with E-state index < -0.39 is 5.97 Å². The zero-order valence-electron chi connectivity index (χ0n) is 10.3. The third kappa shape index (κ3) is 3.03. The second-order valence-electron chi connectivity index (χ2n) is 3.87. The van der Waals surface area contributed by atoms with E-state index in [-0.39, 0.29) is 11.4 Å². The van der Waals surface area contributed by atoms with Crippen LogP contribution in [-0.4, -0.2) is 16.1 Å². The van der Waals surface area contributed by atoms with Crippen LogP contribution in [-0.2, 0) is 6.42 Å². The fourth-order valence-electron chi connectivity index (χ4n) is 1.63. The van der Waals surface area contributed by atoms with E-state index in [0.29, 0.717) is 10.8 Å². The number of carboxylic acid groups (broad SMARTS) is 1. The van der Waals surface area contributed by atoms with E-state index in [2.05, 4.69) is 4.98 Å². The lowest BCUT2D eigenvalue weighted by atomic mass is 10.1. The SMILES string of the molecule is CCc1cc(Oc2ncccc2C(=O)O)ccc1Cl. The monoisotopic (exact) mass is 277 g/mol. The van der Waals surface area contributed by atoms with E-state index in [4.69, 9.17) is 21.4 Å². The highest BCUT2D eigenvalue weighted by molar-refractivity contribution is 6.31. The summed E-state index contributed by atoms with van der Waals surface area (Å²) in [5.41, 5.74) is 0.961. The summed E-state index contributed by atoms with van der Waals surface area (Å²) in [6.45, 7) is 1.98. The Labute approximate surface area is 115 Å². The number of aromatic carboxylic acids is 1. The molecule has 4 nitrogen and oxygen atoms in total. The predicted octanol–water partition coefficient (Wildman–Crippen LogP) is 3.79. The summed E-state index contributed by atoms with van der Waals surface area (Å²) in [4.78, 5) is 15.0. The van der Waals surface area contributed by atoms with Gasteiger partial charge >= 0.3 is 5.97 Å². The minimum atomic E-state index is -1.08. The highest BCUT2D eigenvalue weighted by atomic mass is 35.5. The van der Waals surface area contributed by atoms with Gasteiger partial charge in [-0.2, -0.15) is 0 Å². The molecule has 0 aliphatic heterocycles. The number of halogens is 1. The molecule has 2 rings (SSSR count). The number of aryl methyl sites for hydroxylation is 1. The molecule has 0 radical (unpaired) electrons. The molecule has 0 bridgehead atoms. The smallest absolute Gasteiger partial charge is 0.341 e. The van der Waals surface area contributed by atoms with Crippen LogP contribution in [0, 0.1) is 0 Å². The number of hydrogen-bond acceptors (Lipinski definition) is 3. The van der Waals surface area contributed by atoms with Crippen molar-refractivity contribution in [2.75, 3.05) is 0 Å². The van der Waals surface area contributed by atoms with Gasteiger partial charge in [-0.05, 0) is 42.3 Å². The summed E-state index contributed by atoms with van der Waals surface area (Å²) in [5, 5.41) is 9.71. The molecule has 1 N–H and O–H groups in total. The van der Waals surface area contributed by atoms with Gasteiger partial charge in [-0.3, -0.25) is 0 Å². The summed E-state index contributed by atoms with van der Waals surface area (Å²) < 4.78 is 5.52. The number of nitrogens with zero attached hydrogens (tertiary/aromatic N) is 1. The van der Waals surface area contributed by atoms with Crippen LogP contribution >= 0.6 is 11.6 Å². The molecule has 19 heavy (non-hydrogen) atoms. The Bertz CT molecular complexity index is 613. The van der Waals surface area contributed by atoms with Crippen molar-refractivity contribution < 1.29 is 14.6 Å². The summed E-state index contributed by atoms with van der Waals surface area (Å²) in [6.07, 6.45) is 2.25. The number of carboxylic acids is 1. The molecule has 1 heterocycles. The second kappa shape index (κ2) is 5.71. The first-order valence-corrected chi connectivity index (χ1v) is 6.14. The van der Waals surface area contributed by atoms with Crippen LogP contribution in [0.3, 0.4) is 0 Å². The maximum Gasteiger partial charge on any atom is 0.341 e. The van der Waals surface area contributed by atoms with Gasteiger partial charge in [-0.25, -0.2) is 9.78 Å². The first kappa shape index (κ1) is 13.4.